The average Bonchev–Trinajstić information content (AvgIpc) is 2.85. The third kappa shape index (κ3) is 2.49. The van der Waals surface area contributed by atoms with E-state index in [2.05, 4.69) is 35.1 Å². The summed E-state index contributed by atoms with van der Waals surface area (Å²) in [6.07, 6.45) is 0. The summed E-state index contributed by atoms with van der Waals surface area (Å²) in [5, 5.41) is 2.33. The molecular weight excluding hydrogens is 304 g/mol. The molecule has 3 nitrogen and oxygen atoms in total. The van der Waals surface area contributed by atoms with Gasteiger partial charge in [0.05, 0.1) is 10.8 Å². The second-order valence-corrected chi connectivity index (χ2v) is 6.73. The smallest absolute Gasteiger partial charge is 0.260 e. The molecule has 0 radical (unpaired) electrons. The Morgan fingerprint density at radius 2 is 2.05 bits per heavy atom. The fourth-order valence-electron chi connectivity index (χ4n) is 2.38. The summed E-state index contributed by atoms with van der Waals surface area (Å²) >= 11 is 7.50. The highest BCUT2D eigenvalue weighted by molar-refractivity contribution is 7.17. The molecule has 3 rings (SSSR count). The molecule has 0 saturated heterocycles. The molecule has 0 saturated carbocycles. The normalized spacial score (nSPS) is 12.8. The minimum absolute atomic E-state index is 0.125. The molecule has 0 aliphatic heterocycles. The maximum atomic E-state index is 12.4. The van der Waals surface area contributed by atoms with E-state index in [1.165, 1.54) is 16.9 Å². The molecule has 1 aromatic carbocycles. The maximum absolute atomic E-state index is 12.4. The number of rotatable bonds is 2. The summed E-state index contributed by atoms with van der Waals surface area (Å²) in [4.78, 5) is 20.4. The van der Waals surface area contributed by atoms with E-state index >= 15 is 0 Å². The van der Waals surface area contributed by atoms with Crippen molar-refractivity contribution in [3.05, 3.63) is 50.9 Å². The quantitative estimate of drug-likeness (QED) is 0.704. The van der Waals surface area contributed by atoms with E-state index in [4.69, 9.17) is 11.6 Å². The zero-order valence-corrected chi connectivity index (χ0v) is 13.6. The van der Waals surface area contributed by atoms with Gasteiger partial charge < -0.3 is 4.98 Å². The van der Waals surface area contributed by atoms with Crippen LogP contribution in [0.15, 0.2) is 28.4 Å². The number of aryl methyl sites for hydroxylation is 2. The molecular formula is C16H15ClN2OS. The monoisotopic (exact) mass is 318 g/mol. The van der Waals surface area contributed by atoms with Crippen LogP contribution in [0.3, 0.4) is 0 Å². The maximum Gasteiger partial charge on any atom is 0.260 e. The largest absolute Gasteiger partial charge is 0.309 e. The number of thiophene rings is 1. The molecule has 0 aliphatic carbocycles. The minimum Gasteiger partial charge on any atom is -0.309 e. The van der Waals surface area contributed by atoms with Crippen LogP contribution in [0.5, 0.6) is 0 Å². The first-order chi connectivity index (χ1) is 9.97. The molecule has 5 heteroatoms. The van der Waals surface area contributed by atoms with Crippen molar-refractivity contribution in [2.45, 2.75) is 26.1 Å². The van der Waals surface area contributed by atoms with Gasteiger partial charge in [-0.3, -0.25) is 4.79 Å². The van der Waals surface area contributed by atoms with Crippen molar-refractivity contribution < 1.29 is 0 Å². The third-order valence-electron chi connectivity index (χ3n) is 3.52. The van der Waals surface area contributed by atoms with Crippen molar-refractivity contribution in [1.29, 1.82) is 0 Å². The highest BCUT2D eigenvalue weighted by Crippen LogP contribution is 2.33. The standard InChI is InChI=1S/C16H15ClN2OS/c1-8-4-5-9(2)11(6-8)12-7-21-16-13(12)15(20)18-14(19-16)10(3)17/h4-7,10H,1-3H3,(H,18,19,20). The number of H-pyrrole nitrogens is 1. The van der Waals surface area contributed by atoms with Crippen LogP contribution in [0.2, 0.25) is 0 Å². The molecule has 0 aliphatic rings. The van der Waals surface area contributed by atoms with Gasteiger partial charge in [0.1, 0.15) is 10.7 Å². The zero-order chi connectivity index (χ0) is 15.1. The van der Waals surface area contributed by atoms with Gasteiger partial charge in [-0.2, -0.15) is 0 Å². The summed E-state index contributed by atoms with van der Waals surface area (Å²) in [5.74, 6) is 0.517. The van der Waals surface area contributed by atoms with Crippen molar-refractivity contribution in [3.63, 3.8) is 0 Å². The van der Waals surface area contributed by atoms with Gasteiger partial charge in [0.2, 0.25) is 0 Å². The number of hydrogen-bond acceptors (Lipinski definition) is 3. The van der Waals surface area contributed by atoms with Crippen molar-refractivity contribution in [1.82, 2.24) is 9.97 Å². The fraction of sp³-hybridized carbons (Fsp3) is 0.250. The Labute approximate surface area is 131 Å². The number of alkyl halides is 1. The van der Waals surface area contributed by atoms with Gasteiger partial charge in [-0.1, -0.05) is 23.8 Å². The van der Waals surface area contributed by atoms with Gasteiger partial charge in [0.15, 0.2) is 0 Å². The molecule has 1 unspecified atom stereocenters. The molecule has 1 atom stereocenters. The SMILES string of the molecule is Cc1ccc(C)c(-c2csc3nc(C(C)Cl)[nH]c(=O)c23)c1. The van der Waals surface area contributed by atoms with E-state index in [0.717, 1.165) is 21.5 Å². The van der Waals surface area contributed by atoms with Crippen molar-refractivity contribution in [2.75, 3.05) is 0 Å². The van der Waals surface area contributed by atoms with E-state index in [9.17, 15) is 4.79 Å². The molecule has 3 aromatic rings. The van der Waals surface area contributed by atoms with Crippen molar-refractivity contribution >= 4 is 33.2 Å². The molecule has 0 amide bonds. The van der Waals surface area contributed by atoms with Crippen molar-refractivity contribution in [2.24, 2.45) is 0 Å². The van der Waals surface area contributed by atoms with E-state index in [0.29, 0.717) is 11.2 Å². The predicted octanol–water partition coefficient (Wildman–Crippen LogP) is 4.57. The molecule has 2 heterocycles. The molecule has 21 heavy (non-hydrogen) atoms. The molecule has 0 fully saturated rings. The van der Waals surface area contributed by atoms with E-state index in [-0.39, 0.29) is 10.9 Å². The Bertz CT molecular complexity index is 880. The lowest BCUT2D eigenvalue weighted by molar-refractivity contribution is 0.917. The predicted molar refractivity (Wildman–Crippen MR) is 89.4 cm³/mol. The third-order valence-corrected chi connectivity index (χ3v) is 4.60. The lowest BCUT2D eigenvalue weighted by Crippen LogP contribution is -2.11. The van der Waals surface area contributed by atoms with Gasteiger partial charge >= 0.3 is 0 Å². The average molecular weight is 319 g/mol. The van der Waals surface area contributed by atoms with Crippen LogP contribution in [-0.4, -0.2) is 9.97 Å². The highest BCUT2D eigenvalue weighted by Gasteiger charge is 2.15. The van der Waals surface area contributed by atoms with E-state index < -0.39 is 0 Å². The second kappa shape index (κ2) is 5.28. The van der Waals surface area contributed by atoms with Crippen LogP contribution in [-0.2, 0) is 0 Å². The Morgan fingerprint density at radius 3 is 2.76 bits per heavy atom. The van der Waals surface area contributed by atoms with E-state index in [1.807, 2.05) is 12.3 Å². The van der Waals surface area contributed by atoms with Gasteiger partial charge in [0, 0.05) is 10.9 Å². The van der Waals surface area contributed by atoms with Crippen molar-refractivity contribution in [3.8, 4) is 11.1 Å². The Hall–Kier alpha value is -1.65. The Morgan fingerprint density at radius 1 is 1.29 bits per heavy atom. The molecule has 1 N–H and O–H groups in total. The molecule has 0 bridgehead atoms. The summed E-state index contributed by atoms with van der Waals surface area (Å²) < 4.78 is 0. The lowest BCUT2D eigenvalue weighted by atomic mass is 9.99. The first-order valence-electron chi connectivity index (χ1n) is 6.70. The molecule has 2 aromatic heterocycles. The number of halogens is 1. The lowest BCUT2D eigenvalue weighted by Gasteiger charge is -2.06. The zero-order valence-electron chi connectivity index (χ0n) is 12.0. The highest BCUT2D eigenvalue weighted by atomic mass is 35.5. The topological polar surface area (TPSA) is 45.8 Å². The number of aromatic amines is 1. The molecule has 0 spiro atoms. The number of nitrogens with one attached hydrogen (secondary N) is 1. The van der Waals surface area contributed by atoms with Crippen LogP contribution in [0.25, 0.3) is 21.3 Å². The minimum atomic E-state index is -0.312. The van der Waals surface area contributed by atoms with Gasteiger partial charge in [-0.15, -0.1) is 22.9 Å². The number of benzene rings is 1. The first-order valence-corrected chi connectivity index (χ1v) is 8.02. The summed E-state index contributed by atoms with van der Waals surface area (Å²) in [6.45, 7) is 5.90. The number of aromatic nitrogens is 2. The number of hydrogen-bond donors (Lipinski definition) is 1. The number of fused-ring (bicyclic) bond motifs is 1. The first kappa shape index (κ1) is 14.3. The van der Waals surface area contributed by atoms with Crippen LogP contribution in [0.1, 0.15) is 29.3 Å². The summed E-state index contributed by atoms with van der Waals surface area (Å²) in [7, 11) is 0. The van der Waals surface area contributed by atoms with Crippen LogP contribution >= 0.6 is 22.9 Å². The van der Waals surface area contributed by atoms with Gasteiger partial charge in [-0.05, 0) is 31.9 Å². The number of nitrogens with zero attached hydrogens (tertiary/aromatic N) is 1. The Kier molecular flexibility index (Phi) is 3.59. The van der Waals surface area contributed by atoms with Crippen LogP contribution in [0, 0.1) is 13.8 Å². The van der Waals surface area contributed by atoms with Gasteiger partial charge in [0.25, 0.3) is 5.56 Å². The van der Waals surface area contributed by atoms with E-state index in [1.54, 1.807) is 6.92 Å². The second-order valence-electron chi connectivity index (χ2n) is 5.22. The summed E-state index contributed by atoms with van der Waals surface area (Å²) in [5.41, 5.74) is 4.22. The fourth-order valence-corrected chi connectivity index (χ4v) is 3.43. The Balaban J connectivity index is 2.30. The summed E-state index contributed by atoms with van der Waals surface area (Å²) in [6, 6.07) is 6.25. The van der Waals surface area contributed by atoms with Crippen LogP contribution in [0.4, 0.5) is 0 Å². The van der Waals surface area contributed by atoms with Gasteiger partial charge in [-0.25, -0.2) is 4.98 Å². The van der Waals surface area contributed by atoms with Crippen LogP contribution < -0.4 is 5.56 Å². The molecule has 108 valence electrons.